The lowest BCUT2D eigenvalue weighted by atomic mass is 10.1. The summed E-state index contributed by atoms with van der Waals surface area (Å²) in [7, 11) is 0. The topological polar surface area (TPSA) is 38.4 Å². The summed E-state index contributed by atoms with van der Waals surface area (Å²) in [4.78, 5) is 4.35. The van der Waals surface area contributed by atoms with Crippen LogP contribution in [0, 0.1) is 0 Å². The molecule has 1 aliphatic rings. The molecule has 0 aromatic heterocycles. The molecule has 2 N–H and O–H groups in total. The molecule has 0 aliphatic heterocycles. The van der Waals surface area contributed by atoms with Gasteiger partial charge in [-0.3, -0.25) is 4.99 Å². The van der Waals surface area contributed by atoms with Crippen molar-refractivity contribution in [1.29, 1.82) is 0 Å². The van der Waals surface area contributed by atoms with Crippen LogP contribution in [0.1, 0.15) is 13.8 Å². The molecule has 68 valence electrons. The van der Waals surface area contributed by atoms with Crippen LogP contribution in [-0.4, -0.2) is 5.71 Å². The molecule has 2 heteroatoms. The van der Waals surface area contributed by atoms with Crippen LogP contribution in [0.2, 0.25) is 0 Å². The van der Waals surface area contributed by atoms with Crippen LogP contribution < -0.4 is 5.73 Å². The van der Waals surface area contributed by atoms with Crippen LogP contribution in [0.3, 0.4) is 0 Å². The minimum atomic E-state index is 0.739. The van der Waals surface area contributed by atoms with E-state index >= 15 is 0 Å². The van der Waals surface area contributed by atoms with E-state index in [1.165, 1.54) is 0 Å². The summed E-state index contributed by atoms with van der Waals surface area (Å²) in [5.74, 6) is 0. The predicted octanol–water partition coefficient (Wildman–Crippen LogP) is 2.32. The van der Waals surface area contributed by atoms with E-state index in [1.54, 1.807) is 0 Å². The van der Waals surface area contributed by atoms with Crippen LogP contribution in [0.25, 0.3) is 0 Å². The second-order valence-electron chi connectivity index (χ2n) is 3.01. The van der Waals surface area contributed by atoms with Crippen LogP contribution in [0.5, 0.6) is 0 Å². The highest BCUT2D eigenvalue weighted by Crippen LogP contribution is 2.09. The molecule has 0 spiro atoms. The summed E-state index contributed by atoms with van der Waals surface area (Å²) < 4.78 is 0. The highest BCUT2D eigenvalue weighted by Gasteiger charge is 2.01. The first-order valence-electron chi connectivity index (χ1n) is 4.17. The lowest BCUT2D eigenvalue weighted by Gasteiger charge is -2.05. The molecule has 0 atom stereocenters. The first-order chi connectivity index (χ1) is 6.11. The summed E-state index contributed by atoms with van der Waals surface area (Å²) in [6.07, 6.45) is 7.73. The van der Waals surface area contributed by atoms with Crippen LogP contribution in [0.4, 0.5) is 0 Å². The molecule has 0 radical (unpaired) electrons. The van der Waals surface area contributed by atoms with Gasteiger partial charge < -0.3 is 5.73 Å². The normalized spacial score (nSPS) is 20.8. The van der Waals surface area contributed by atoms with Crippen LogP contribution in [-0.2, 0) is 0 Å². The van der Waals surface area contributed by atoms with E-state index < -0.39 is 0 Å². The number of nitrogens with zero attached hydrogens (tertiary/aromatic N) is 1. The highest BCUT2D eigenvalue weighted by molar-refractivity contribution is 6.11. The van der Waals surface area contributed by atoms with E-state index in [2.05, 4.69) is 11.6 Å². The summed E-state index contributed by atoms with van der Waals surface area (Å²) in [6, 6.07) is 0. The third kappa shape index (κ3) is 2.44. The monoisotopic (exact) mass is 174 g/mol. The first kappa shape index (κ1) is 9.52. The predicted molar refractivity (Wildman–Crippen MR) is 57.4 cm³/mol. The Labute approximate surface area is 78.9 Å². The maximum Gasteiger partial charge on any atom is 0.0699 e. The highest BCUT2D eigenvalue weighted by atomic mass is 14.8. The van der Waals surface area contributed by atoms with E-state index in [0.717, 1.165) is 22.7 Å². The zero-order chi connectivity index (χ0) is 9.84. The van der Waals surface area contributed by atoms with E-state index in [0.29, 0.717) is 0 Å². The Kier molecular flexibility index (Phi) is 2.85. The van der Waals surface area contributed by atoms with Crippen molar-refractivity contribution in [1.82, 2.24) is 0 Å². The second kappa shape index (κ2) is 3.90. The molecule has 0 fully saturated rings. The Morgan fingerprint density at radius 2 is 1.92 bits per heavy atom. The Hall–Kier alpha value is -1.57. The average Bonchev–Trinajstić information content (AvgIpc) is 2.08. The zero-order valence-corrected chi connectivity index (χ0v) is 8.04. The standard InChI is InChI=1S/C11H14N2/c1-8-6-4-5-7-11(8)13-10(3)9(2)12/h4-7H,1,12H2,2-3H3/b10-9-,13-11-. The van der Waals surface area contributed by atoms with Crippen molar-refractivity contribution in [3.8, 4) is 0 Å². The molecule has 0 saturated carbocycles. The Morgan fingerprint density at radius 1 is 1.31 bits per heavy atom. The van der Waals surface area contributed by atoms with Gasteiger partial charge in [-0.1, -0.05) is 24.8 Å². The fourth-order valence-electron chi connectivity index (χ4n) is 0.889. The van der Waals surface area contributed by atoms with Crippen molar-refractivity contribution in [3.05, 3.63) is 47.9 Å². The fourth-order valence-corrected chi connectivity index (χ4v) is 0.889. The van der Waals surface area contributed by atoms with Crippen molar-refractivity contribution in [2.75, 3.05) is 0 Å². The Morgan fingerprint density at radius 3 is 2.46 bits per heavy atom. The molecule has 0 bridgehead atoms. The van der Waals surface area contributed by atoms with Gasteiger partial charge in [0.2, 0.25) is 0 Å². The SMILES string of the molecule is C=C1C=CC=C/C1=N/C(C)=C(/C)N. The fraction of sp³-hybridized carbons (Fsp3) is 0.182. The lowest BCUT2D eigenvalue weighted by Crippen LogP contribution is -2.01. The first-order valence-corrected chi connectivity index (χ1v) is 4.17. The molecule has 0 unspecified atom stereocenters. The largest absolute Gasteiger partial charge is 0.401 e. The Bertz CT molecular complexity index is 337. The number of rotatable bonds is 1. The van der Waals surface area contributed by atoms with Gasteiger partial charge in [0.1, 0.15) is 0 Å². The minimum absolute atomic E-state index is 0.739. The molecule has 2 nitrogen and oxygen atoms in total. The molecule has 0 aromatic rings. The van der Waals surface area contributed by atoms with Gasteiger partial charge in [-0.15, -0.1) is 0 Å². The molecular weight excluding hydrogens is 160 g/mol. The second-order valence-corrected chi connectivity index (χ2v) is 3.01. The Balaban J connectivity index is 2.96. The summed E-state index contributed by atoms with van der Waals surface area (Å²) in [6.45, 7) is 7.60. The maximum atomic E-state index is 5.60. The lowest BCUT2D eigenvalue weighted by molar-refractivity contribution is 1.16. The van der Waals surface area contributed by atoms with Gasteiger partial charge >= 0.3 is 0 Å². The van der Waals surface area contributed by atoms with E-state index in [1.807, 2.05) is 38.2 Å². The van der Waals surface area contributed by atoms with Gasteiger partial charge in [0, 0.05) is 5.70 Å². The van der Waals surface area contributed by atoms with Crippen molar-refractivity contribution in [2.45, 2.75) is 13.8 Å². The number of nitrogens with two attached hydrogens (primary N) is 1. The smallest absolute Gasteiger partial charge is 0.0699 e. The van der Waals surface area contributed by atoms with Gasteiger partial charge in [0.25, 0.3) is 0 Å². The van der Waals surface area contributed by atoms with Gasteiger partial charge in [-0.2, -0.15) is 0 Å². The van der Waals surface area contributed by atoms with E-state index in [9.17, 15) is 0 Å². The van der Waals surface area contributed by atoms with Gasteiger partial charge in [0.15, 0.2) is 0 Å². The van der Waals surface area contributed by atoms with Gasteiger partial charge in [-0.25, -0.2) is 0 Å². The molecule has 1 aliphatic carbocycles. The third-order valence-electron chi connectivity index (χ3n) is 1.85. The molecular formula is C11H14N2. The van der Waals surface area contributed by atoms with Crippen LogP contribution >= 0.6 is 0 Å². The molecule has 1 rings (SSSR count). The quantitative estimate of drug-likeness (QED) is 0.651. The van der Waals surface area contributed by atoms with Crippen molar-refractivity contribution < 1.29 is 0 Å². The van der Waals surface area contributed by atoms with E-state index in [-0.39, 0.29) is 0 Å². The number of hydrogen-bond acceptors (Lipinski definition) is 2. The summed E-state index contributed by atoms with van der Waals surface area (Å²) in [5.41, 5.74) is 8.98. The van der Waals surface area contributed by atoms with Crippen LogP contribution in [0.15, 0.2) is 52.8 Å². The zero-order valence-electron chi connectivity index (χ0n) is 8.04. The van der Waals surface area contributed by atoms with Gasteiger partial charge in [-0.05, 0) is 25.5 Å². The molecule has 0 amide bonds. The molecule has 0 aromatic carbocycles. The summed E-state index contributed by atoms with van der Waals surface area (Å²) in [5, 5.41) is 0. The number of allylic oxidation sites excluding steroid dienone is 7. The van der Waals surface area contributed by atoms with E-state index in [4.69, 9.17) is 5.73 Å². The average molecular weight is 174 g/mol. The minimum Gasteiger partial charge on any atom is -0.401 e. The van der Waals surface area contributed by atoms with Crippen molar-refractivity contribution in [3.63, 3.8) is 0 Å². The third-order valence-corrected chi connectivity index (χ3v) is 1.85. The molecule has 0 saturated heterocycles. The number of hydrogen-bond donors (Lipinski definition) is 1. The van der Waals surface area contributed by atoms with Gasteiger partial charge in [0.05, 0.1) is 11.4 Å². The summed E-state index contributed by atoms with van der Waals surface area (Å²) >= 11 is 0. The van der Waals surface area contributed by atoms with Crippen molar-refractivity contribution >= 4 is 5.71 Å². The maximum absolute atomic E-state index is 5.60. The number of aliphatic imine (C=N–C) groups is 1. The van der Waals surface area contributed by atoms with Crippen molar-refractivity contribution in [2.24, 2.45) is 10.7 Å². The molecule has 13 heavy (non-hydrogen) atoms. The molecule has 0 heterocycles.